The molecule has 0 spiro atoms. The molecule has 1 aliphatic heterocycles. The van der Waals surface area contributed by atoms with Gasteiger partial charge in [0.2, 0.25) is 5.91 Å². The maximum Gasteiger partial charge on any atom is 0.246 e. The fourth-order valence-corrected chi connectivity index (χ4v) is 2.59. The van der Waals surface area contributed by atoms with Crippen molar-refractivity contribution in [1.29, 1.82) is 0 Å². The molecule has 3 rings (SSSR count). The molecule has 1 fully saturated rings. The van der Waals surface area contributed by atoms with Crippen molar-refractivity contribution in [2.45, 2.75) is 18.9 Å². The Kier molecular flexibility index (Phi) is 3.97. The minimum Gasteiger partial charge on any atom is -0.391 e. The average Bonchev–Trinajstić information content (AvgIpc) is 2.52. The molecule has 2 aromatic rings. The minimum atomic E-state index is -0.394. The number of β-amino-alcohol motifs (C(OH)–C–C–N with tert-alkyl or cyclic N) is 1. The smallest absolute Gasteiger partial charge is 0.246 e. The molecular weight excluding hydrogens is 264 g/mol. The quantitative estimate of drug-likeness (QED) is 0.859. The summed E-state index contributed by atoms with van der Waals surface area (Å²) in [6.07, 6.45) is 4.51. The third-order valence-corrected chi connectivity index (χ3v) is 3.72. The highest BCUT2D eigenvalue weighted by Gasteiger charge is 2.20. The number of hydrogen-bond donors (Lipinski definition) is 1. The number of carbonyl (C=O) groups excluding carboxylic acids is 1. The maximum absolute atomic E-state index is 12.1. The van der Waals surface area contributed by atoms with Crippen LogP contribution in [0.5, 0.6) is 0 Å². The second-order valence-corrected chi connectivity index (χ2v) is 5.34. The zero-order chi connectivity index (χ0) is 14.7. The number of amides is 1. The van der Waals surface area contributed by atoms with Gasteiger partial charge in [0.05, 0.1) is 17.3 Å². The van der Waals surface area contributed by atoms with Gasteiger partial charge >= 0.3 is 0 Å². The number of likely N-dealkylation sites (tertiary alicyclic amines) is 1. The van der Waals surface area contributed by atoms with E-state index in [0.717, 1.165) is 29.4 Å². The minimum absolute atomic E-state index is 0.0660. The molecule has 4 nitrogen and oxygen atoms in total. The van der Waals surface area contributed by atoms with Gasteiger partial charge in [0.1, 0.15) is 0 Å². The lowest BCUT2D eigenvalue weighted by Crippen LogP contribution is -2.41. The normalized spacial score (nSPS) is 19.3. The van der Waals surface area contributed by atoms with Gasteiger partial charge in [-0.2, -0.15) is 0 Å². The van der Waals surface area contributed by atoms with Crippen molar-refractivity contribution in [3.8, 4) is 0 Å². The number of aliphatic hydroxyl groups is 1. The van der Waals surface area contributed by atoms with Crippen molar-refractivity contribution < 1.29 is 9.90 Å². The summed E-state index contributed by atoms with van der Waals surface area (Å²) < 4.78 is 0. The van der Waals surface area contributed by atoms with Crippen LogP contribution >= 0.6 is 0 Å². The second-order valence-electron chi connectivity index (χ2n) is 5.34. The fraction of sp³-hybridized carbons (Fsp3) is 0.294. The van der Waals surface area contributed by atoms with Crippen LogP contribution in [0.1, 0.15) is 18.5 Å². The van der Waals surface area contributed by atoms with E-state index in [0.29, 0.717) is 13.1 Å². The van der Waals surface area contributed by atoms with Gasteiger partial charge in [0.15, 0.2) is 0 Å². The molecule has 0 bridgehead atoms. The average molecular weight is 282 g/mol. The van der Waals surface area contributed by atoms with Crippen LogP contribution in [-0.2, 0) is 4.79 Å². The number of nitrogens with zero attached hydrogens (tertiary/aromatic N) is 2. The van der Waals surface area contributed by atoms with Crippen LogP contribution < -0.4 is 0 Å². The molecule has 2 heterocycles. The first kappa shape index (κ1) is 13.8. The van der Waals surface area contributed by atoms with Gasteiger partial charge in [-0.1, -0.05) is 24.3 Å². The lowest BCUT2D eigenvalue weighted by atomic mass is 10.1. The van der Waals surface area contributed by atoms with E-state index in [9.17, 15) is 9.90 Å². The topological polar surface area (TPSA) is 53.4 Å². The highest BCUT2D eigenvalue weighted by molar-refractivity contribution is 5.92. The van der Waals surface area contributed by atoms with Gasteiger partial charge in [-0.3, -0.25) is 4.79 Å². The Hall–Kier alpha value is -2.20. The molecule has 21 heavy (non-hydrogen) atoms. The van der Waals surface area contributed by atoms with E-state index in [1.165, 1.54) is 6.08 Å². The Bertz CT molecular complexity index is 681. The maximum atomic E-state index is 12.1. The fourth-order valence-electron chi connectivity index (χ4n) is 2.59. The van der Waals surface area contributed by atoms with E-state index in [1.54, 1.807) is 11.0 Å². The summed E-state index contributed by atoms with van der Waals surface area (Å²) in [5.74, 6) is -0.0660. The number of hydrogen-bond acceptors (Lipinski definition) is 3. The Morgan fingerprint density at radius 1 is 1.29 bits per heavy atom. The first-order valence-electron chi connectivity index (χ1n) is 7.23. The first-order valence-corrected chi connectivity index (χ1v) is 7.23. The number of fused-ring (bicyclic) bond motifs is 1. The summed E-state index contributed by atoms with van der Waals surface area (Å²) in [6, 6.07) is 11.8. The Labute approximate surface area is 123 Å². The van der Waals surface area contributed by atoms with Crippen LogP contribution in [0.4, 0.5) is 0 Å². The first-order chi connectivity index (χ1) is 10.2. The Balaban J connectivity index is 1.73. The molecule has 0 aliphatic carbocycles. The summed E-state index contributed by atoms with van der Waals surface area (Å²) in [6.45, 7) is 1.14. The largest absolute Gasteiger partial charge is 0.391 e. The number of aliphatic hydroxyl groups excluding tert-OH is 1. The molecule has 1 amide bonds. The van der Waals surface area contributed by atoms with Crippen molar-refractivity contribution in [1.82, 2.24) is 9.88 Å². The zero-order valence-corrected chi connectivity index (χ0v) is 11.8. The summed E-state index contributed by atoms with van der Waals surface area (Å²) >= 11 is 0. The van der Waals surface area contributed by atoms with E-state index in [2.05, 4.69) is 4.98 Å². The van der Waals surface area contributed by atoms with Crippen molar-refractivity contribution in [2.24, 2.45) is 0 Å². The highest BCUT2D eigenvalue weighted by atomic mass is 16.3. The van der Waals surface area contributed by atoms with Gasteiger partial charge in [0.25, 0.3) is 0 Å². The van der Waals surface area contributed by atoms with Gasteiger partial charge in [-0.05, 0) is 31.1 Å². The molecule has 108 valence electrons. The molecule has 0 saturated carbocycles. The molecule has 4 heteroatoms. The Morgan fingerprint density at radius 3 is 3.00 bits per heavy atom. The molecule has 1 aromatic carbocycles. The van der Waals surface area contributed by atoms with Gasteiger partial charge in [-0.25, -0.2) is 4.98 Å². The summed E-state index contributed by atoms with van der Waals surface area (Å²) in [5, 5.41) is 10.7. The van der Waals surface area contributed by atoms with E-state index in [1.807, 2.05) is 36.4 Å². The predicted molar refractivity (Wildman–Crippen MR) is 82.6 cm³/mol. The molecule has 1 N–H and O–H groups in total. The van der Waals surface area contributed by atoms with Crippen molar-refractivity contribution in [3.63, 3.8) is 0 Å². The summed E-state index contributed by atoms with van der Waals surface area (Å²) in [4.78, 5) is 18.3. The van der Waals surface area contributed by atoms with Crippen LogP contribution in [0.15, 0.2) is 42.5 Å². The lowest BCUT2D eigenvalue weighted by molar-refractivity contribution is -0.128. The number of benzene rings is 1. The van der Waals surface area contributed by atoms with Crippen LogP contribution in [0.3, 0.4) is 0 Å². The van der Waals surface area contributed by atoms with E-state index >= 15 is 0 Å². The van der Waals surface area contributed by atoms with Gasteiger partial charge < -0.3 is 10.0 Å². The summed E-state index contributed by atoms with van der Waals surface area (Å²) in [7, 11) is 0. The number of carbonyl (C=O) groups is 1. The van der Waals surface area contributed by atoms with Crippen LogP contribution in [0.25, 0.3) is 17.0 Å². The van der Waals surface area contributed by atoms with Crippen molar-refractivity contribution >= 4 is 22.9 Å². The lowest BCUT2D eigenvalue weighted by Gasteiger charge is -2.29. The molecule has 1 saturated heterocycles. The third kappa shape index (κ3) is 3.28. The molecule has 0 radical (unpaired) electrons. The monoisotopic (exact) mass is 282 g/mol. The van der Waals surface area contributed by atoms with Crippen LogP contribution in [0, 0.1) is 0 Å². The van der Waals surface area contributed by atoms with Crippen LogP contribution in [-0.4, -0.2) is 40.1 Å². The van der Waals surface area contributed by atoms with E-state index in [-0.39, 0.29) is 5.91 Å². The van der Waals surface area contributed by atoms with Gasteiger partial charge in [-0.15, -0.1) is 0 Å². The third-order valence-electron chi connectivity index (χ3n) is 3.72. The zero-order valence-electron chi connectivity index (χ0n) is 11.8. The molecule has 1 aliphatic rings. The number of rotatable bonds is 2. The van der Waals surface area contributed by atoms with Gasteiger partial charge in [0, 0.05) is 24.6 Å². The number of pyridine rings is 1. The Morgan fingerprint density at radius 2 is 2.14 bits per heavy atom. The SMILES string of the molecule is O=C(C=Cc1ccc2ccccc2n1)N1CCCC(O)C1. The molecule has 1 aromatic heterocycles. The summed E-state index contributed by atoms with van der Waals surface area (Å²) in [5.41, 5.74) is 1.68. The molecule has 1 unspecified atom stereocenters. The predicted octanol–water partition coefficient (Wildman–Crippen LogP) is 2.23. The van der Waals surface area contributed by atoms with Crippen molar-refractivity contribution in [3.05, 3.63) is 48.2 Å². The number of para-hydroxylation sites is 1. The van der Waals surface area contributed by atoms with Crippen LogP contribution in [0.2, 0.25) is 0 Å². The molecule has 1 atom stereocenters. The number of piperidine rings is 1. The van der Waals surface area contributed by atoms with E-state index < -0.39 is 6.10 Å². The second kappa shape index (κ2) is 6.06. The molecular formula is C17H18N2O2. The highest BCUT2D eigenvalue weighted by Crippen LogP contribution is 2.13. The van der Waals surface area contributed by atoms with E-state index in [4.69, 9.17) is 0 Å². The standard InChI is InChI=1S/C17H18N2O2/c20-15-5-3-11-19(12-15)17(21)10-9-14-8-7-13-4-1-2-6-16(13)18-14/h1-2,4,6-10,15,20H,3,5,11-12H2. The van der Waals surface area contributed by atoms with Crippen molar-refractivity contribution in [2.75, 3.05) is 13.1 Å². The number of aromatic nitrogens is 1.